The van der Waals surface area contributed by atoms with Crippen LogP contribution in [-0.4, -0.2) is 47.7 Å². The second-order valence-corrected chi connectivity index (χ2v) is 6.73. The van der Waals surface area contributed by atoms with Gasteiger partial charge in [0, 0.05) is 26.0 Å². The van der Waals surface area contributed by atoms with Gasteiger partial charge in [0.25, 0.3) is 5.91 Å². The van der Waals surface area contributed by atoms with Crippen LogP contribution in [0.1, 0.15) is 26.0 Å². The molecular formula is C22H23FN6O5. The van der Waals surface area contributed by atoms with Crippen molar-refractivity contribution in [1.29, 1.82) is 0 Å². The SMILES string of the molecule is [2H]C([2H])([2H])Oc1c(OC)cc(Nc2ncc(F)c(Nc3ccc4c(n3)NC(=O)C(C([2H])([2H])[2H])(C([2H])([2H])[2H])O4)n2)cc1OC. The van der Waals surface area contributed by atoms with Gasteiger partial charge in [0.1, 0.15) is 5.82 Å². The number of nitrogens with zero attached hydrogens (tertiary/aromatic N) is 3. The fourth-order valence-corrected chi connectivity index (χ4v) is 2.91. The number of anilines is 5. The molecule has 1 aliphatic heterocycles. The number of hydrogen-bond acceptors (Lipinski definition) is 10. The molecule has 2 aromatic heterocycles. The van der Waals surface area contributed by atoms with Crippen molar-refractivity contribution in [1.82, 2.24) is 15.0 Å². The Hall–Kier alpha value is -4.35. The van der Waals surface area contributed by atoms with Crippen LogP contribution in [0.5, 0.6) is 23.0 Å². The number of methoxy groups -OCH3 is 3. The second kappa shape index (κ2) is 8.89. The number of fused-ring (bicyclic) bond motifs is 1. The molecule has 0 saturated heterocycles. The van der Waals surface area contributed by atoms with Crippen LogP contribution in [0.15, 0.2) is 30.5 Å². The van der Waals surface area contributed by atoms with E-state index in [1.807, 2.05) is 0 Å². The highest BCUT2D eigenvalue weighted by Crippen LogP contribution is 2.40. The third-order valence-corrected chi connectivity index (χ3v) is 4.48. The molecule has 0 bridgehead atoms. The maximum Gasteiger partial charge on any atom is 0.269 e. The van der Waals surface area contributed by atoms with Gasteiger partial charge in [-0.2, -0.15) is 4.98 Å². The zero-order chi connectivity index (χ0) is 32.0. The molecule has 1 aromatic carbocycles. The van der Waals surface area contributed by atoms with Crippen molar-refractivity contribution in [3.8, 4) is 23.0 Å². The first-order valence-corrected chi connectivity index (χ1v) is 9.41. The van der Waals surface area contributed by atoms with Crippen LogP contribution in [0.4, 0.5) is 33.5 Å². The van der Waals surface area contributed by atoms with Crippen molar-refractivity contribution in [2.45, 2.75) is 19.3 Å². The number of hydrogen-bond donors (Lipinski definition) is 3. The Labute approximate surface area is 207 Å². The molecular weight excluding hydrogens is 447 g/mol. The molecule has 0 radical (unpaired) electrons. The van der Waals surface area contributed by atoms with E-state index in [4.69, 9.17) is 31.3 Å². The van der Waals surface area contributed by atoms with Crippen LogP contribution in [-0.2, 0) is 4.79 Å². The zero-order valence-electron chi connectivity index (χ0n) is 26.6. The highest BCUT2D eigenvalue weighted by atomic mass is 19.1. The molecule has 3 aromatic rings. The predicted octanol–water partition coefficient (Wildman–Crippen LogP) is 3.63. The normalized spacial score (nSPS) is 18.8. The van der Waals surface area contributed by atoms with Gasteiger partial charge in [-0.1, -0.05) is 0 Å². The van der Waals surface area contributed by atoms with Crippen LogP contribution >= 0.6 is 0 Å². The lowest BCUT2D eigenvalue weighted by molar-refractivity contribution is -0.129. The lowest BCUT2D eigenvalue weighted by atomic mass is 10.1. The van der Waals surface area contributed by atoms with Gasteiger partial charge in [-0.3, -0.25) is 4.79 Å². The third-order valence-electron chi connectivity index (χ3n) is 4.48. The number of amides is 1. The number of ether oxygens (including phenoxy) is 4. The summed E-state index contributed by atoms with van der Waals surface area (Å²) in [4.78, 5) is 24.7. The Morgan fingerprint density at radius 1 is 1.12 bits per heavy atom. The van der Waals surface area contributed by atoms with Crippen LogP contribution in [0, 0.1) is 5.82 Å². The molecule has 1 amide bonds. The van der Waals surface area contributed by atoms with E-state index in [0.717, 1.165) is 12.3 Å². The van der Waals surface area contributed by atoms with E-state index in [0.29, 0.717) is 0 Å². The quantitative estimate of drug-likeness (QED) is 0.462. The van der Waals surface area contributed by atoms with E-state index in [-0.39, 0.29) is 52.1 Å². The minimum atomic E-state index is -3.36. The van der Waals surface area contributed by atoms with E-state index < -0.39 is 38.1 Å². The summed E-state index contributed by atoms with van der Waals surface area (Å²) >= 11 is 0. The molecule has 178 valence electrons. The Balaban J connectivity index is 1.60. The zero-order valence-corrected chi connectivity index (χ0v) is 17.6. The first-order valence-electron chi connectivity index (χ1n) is 13.9. The van der Waals surface area contributed by atoms with Crippen LogP contribution in [0.25, 0.3) is 0 Å². The number of aromatic nitrogens is 3. The topological polar surface area (TPSA) is 129 Å². The van der Waals surface area contributed by atoms with Gasteiger partial charge in [0.05, 0.1) is 31.6 Å². The lowest BCUT2D eigenvalue weighted by Crippen LogP contribution is -2.46. The molecule has 4 rings (SSSR count). The molecule has 0 unspecified atom stereocenters. The Morgan fingerprint density at radius 2 is 1.88 bits per heavy atom. The first kappa shape index (κ1) is 14.0. The lowest BCUT2D eigenvalue weighted by Gasteiger charge is -2.30. The van der Waals surface area contributed by atoms with E-state index in [1.54, 1.807) is 0 Å². The van der Waals surface area contributed by atoms with Crippen molar-refractivity contribution >= 4 is 35.0 Å². The molecule has 3 N–H and O–H groups in total. The average molecular weight is 480 g/mol. The molecule has 0 fully saturated rings. The van der Waals surface area contributed by atoms with Gasteiger partial charge >= 0.3 is 0 Å². The molecule has 3 heterocycles. The Morgan fingerprint density at radius 3 is 2.56 bits per heavy atom. The minimum absolute atomic E-state index is 0.00182. The fourth-order valence-electron chi connectivity index (χ4n) is 2.91. The number of benzene rings is 1. The standard InChI is InChI=1S/C22H23FN6O5/c1-22(2)20(30)28-19-13(34-22)6-7-16(27-19)26-18-12(23)10-24-21(29-18)25-11-8-14(31-3)17(33-5)15(9-11)32-4/h6-10H,1-5H3,(H3,24,25,26,27,28,29,30)/i1D3,2D3,5D3. The van der Waals surface area contributed by atoms with E-state index in [9.17, 15) is 9.18 Å². The van der Waals surface area contributed by atoms with Crippen LogP contribution in [0.3, 0.4) is 0 Å². The molecule has 1 aliphatic rings. The third kappa shape index (κ3) is 4.42. The Kier molecular flexibility index (Phi) is 3.67. The summed E-state index contributed by atoms with van der Waals surface area (Å²) in [6, 6.07) is 5.11. The number of nitrogens with one attached hydrogen (secondary N) is 3. The molecule has 34 heavy (non-hydrogen) atoms. The number of carbonyl (C=O) groups excluding carboxylic acids is 1. The summed E-state index contributed by atoms with van der Waals surface area (Å²) in [6.07, 6.45) is 0.836. The number of halogens is 1. The molecule has 0 atom stereocenters. The number of pyridine rings is 1. The monoisotopic (exact) mass is 479 g/mol. The van der Waals surface area contributed by atoms with Crippen molar-refractivity contribution in [2.24, 2.45) is 0 Å². The van der Waals surface area contributed by atoms with Gasteiger partial charge in [0.15, 0.2) is 40.3 Å². The highest BCUT2D eigenvalue weighted by Gasteiger charge is 2.36. The fraction of sp³-hybridized carbons (Fsp3) is 0.273. The average Bonchev–Trinajstić information content (AvgIpc) is 2.88. The smallest absolute Gasteiger partial charge is 0.269 e. The van der Waals surface area contributed by atoms with Crippen LogP contribution in [0.2, 0.25) is 0 Å². The van der Waals surface area contributed by atoms with Crippen LogP contribution < -0.4 is 34.9 Å². The Bertz CT molecular complexity index is 1510. The molecule has 0 spiro atoms. The van der Waals surface area contributed by atoms with Crippen molar-refractivity contribution in [3.05, 3.63) is 36.3 Å². The number of carbonyl (C=O) groups is 1. The van der Waals surface area contributed by atoms with E-state index >= 15 is 0 Å². The van der Waals surface area contributed by atoms with E-state index in [2.05, 4.69) is 30.9 Å². The molecule has 0 aliphatic carbocycles. The summed E-state index contributed by atoms with van der Waals surface area (Å²) in [7, 11) is -0.219. The minimum Gasteiger partial charge on any atom is -0.493 e. The molecule has 11 nitrogen and oxygen atoms in total. The van der Waals surface area contributed by atoms with Crippen molar-refractivity contribution < 1.29 is 40.5 Å². The van der Waals surface area contributed by atoms with Gasteiger partial charge in [0.2, 0.25) is 11.7 Å². The van der Waals surface area contributed by atoms with Gasteiger partial charge in [-0.25, -0.2) is 14.4 Å². The van der Waals surface area contributed by atoms with Gasteiger partial charge in [-0.15, -0.1) is 0 Å². The van der Waals surface area contributed by atoms with Gasteiger partial charge in [-0.05, 0) is 25.8 Å². The largest absolute Gasteiger partial charge is 0.493 e. The van der Waals surface area contributed by atoms with Crippen molar-refractivity contribution in [3.63, 3.8) is 0 Å². The maximum atomic E-state index is 14.6. The second-order valence-electron chi connectivity index (χ2n) is 6.73. The summed E-state index contributed by atoms with van der Waals surface area (Å²) in [6.45, 7) is -6.72. The predicted molar refractivity (Wildman–Crippen MR) is 122 cm³/mol. The summed E-state index contributed by atoms with van der Waals surface area (Å²) < 4.78 is 103. The summed E-state index contributed by atoms with van der Waals surface area (Å²) in [5.74, 6) is -3.79. The van der Waals surface area contributed by atoms with E-state index in [1.165, 1.54) is 32.4 Å². The first-order chi connectivity index (χ1) is 19.9. The van der Waals surface area contributed by atoms with Gasteiger partial charge < -0.3 is 34.9 Å². The highest BCUT2D eigenvalue weighted by molar-refractivity contribution is 5.99. The summed E-state index contributed by atoms with van der Waals surface area (Å²) in [5.41, 5.74) is -2.92. The molecule has 12 heteroatoms. The van der Waals surface area contributed by atoms with Crippen molar-refractivity contribution in [2.75, 3.05) is 37.2 Å². The summed E-state index contributed by atoms with van der Waals surface area (Å²) in [5, 5.41) is 7.53. The molecule has 0 saturated carbocycles. The maximum absolute atomic E-state index is 14.6. The number of rotatable bonds is 7.